The van der Waals surface area contributed by atoms with Crippen molar-refractivity contribution in [1.82, 2.24) is 0 Å². The normalized spacial score (nSPS) is 11.7. The van der Waals surface area contributed by atoms with Gasteiger partial charge in [-0.05, 0) is 12.0 Å². The molecule has 1 aromatic rings. The molecule has 0 saturated carbocycles. The second-order valence-electron chi connectivity index (χ2n) is 3.23. The predicted molar refractivity (Wildman–Crippen MR) is 56.2 cm³/mol. The summed E-state index contributed by atoms with van der Waals surface area (Å²) < 4.78 is 0. The van der Waals surface area contributed by atoms with E-state index in [2.05, 4.69) is 4.85 Å². The molecule has 78 valence electrons. The molecular weight excluding hydrogens is 194 g/mol. The fourth-order valence-corrected chi connectivity index (χ4v) is 1.24. The van der Waals surface area contributed by atoms with Gasteiger partial charge in [0.15, 0.2) is 0 Å². The lowest BCUT2D eigenvalue weighted by molar-refractivity contribution is -0.384. The second kappa shape index (κ2) is 5.08. The Morgan fingerprint density at radius 1 is 1.47 bits per heavy atom. The predicted octanol–water partition coefficient (Wildman–Crippen LogP) is 1.38. The van der Waals surface area contributed by atoms with Crippen molar-refractivity contribution in [1.29, 1.82) is 0 Å². The summed E-state index contributed by atoms with van der Waals surface area (Å²) in [7, 11) is 0. The van der Waals surface area contributed by atoms with Crippen LogP contribution in [0.3, 0.4) is 0 Å². The van der Waals surface area contributed by atoms with Crippen LogP contribution in [0.25, 0.3) is 4.85 Å². The molecule has 5 nitrogen and oxygen atoms in total. The number of non-ortho nitro benzene ring substituents is 1. The Labute approximate surface area is 87.5 Å². The molecule has 0 saturated heterocycles. The average molecular weight is 205 g/mol. The zero-order valence-electron chi connectivity index (χ0n) is 8.09. The summed E-state index contributed by atoms with van der Waals surface area (Å²) in [5, 5.41) is 10.4. The first-order chi connectivity index (χ1) is 7.13. The topological polar surface area (TPSA) is 73.5 Å². The zero-order chi connectivity index (χ0) is 11.3. The van der Waals surface area contributed by atoms with E-state index >= 15 is 0 Å². The number of nitrogens with two attached hydrogens (primary N) is 1. The standard InChI is InChI=1S/C10H11N3O2/c1-12-7-9(11)6-8-2-4-10(5-3-8)13(14)15/h2-5,9H,6-7,11H2/t9-/m0/s1. The first-order valence-corrected chi connectivity index (χ1v) is 4.45. The van der Waals surface area contributed by atoms with Crippen molar-refractivity contribution < 1.29 is 4.92 Å². The Morgan fingerprint density at radius 2 is 2.07 bits per heavy atom. The van der Waals surface area contributed by atoms with Crippen molar-refractivity contribution in [3.63, 3.8) is 0 Å². The van der Waals surface area contributed by atoms with E-state index < -0.39 is 4.92 Å². The SMILES string of the molecule is [C-]#[N+]C[C@@H](N)Cc1ccc([N+](=O)[O-])cc1. The summed E-state index contributed by atoms with van der Waals surface area (Å²) in [6.45, 7) is 6.92. The molecule has 1 aromatic carbocycles. The lowest BCUT2D eigenvalue weighted by Gasteiger charge is -2.04. The third-order valence-electron chi connectivity index (χ3n) is 1.97. The minimum Gasteiger partial charge on any atom is -0.321 e. The van der Waals surface area contributed by atoms with Gasteiger partial charge in [-0.25, -0.2) is 6.57 Å². The molecule has 5 heteroatoms. The van der Waals surface area contributed by atoms with Crippen LogP contribution in [-0.2, 0) is 6.42 Å². The molecule has 0 aliphatic heterocycles. The highest BCUT2D eigenvalue weighted by molar-refractivity contribution is 5.33. The Kier molecular flexibility index (Phi) is 3.77. The summed E-state index contributed by atoms with van der Waals surface area (Å²) in [4.78, 5) is 13.1. The summed E-state index contributed by atoms with van der Waals surface area (Å²) in [6.07, 6.45) is 0.570. The van der Waals surface area contributed by atoms with Gasteiger partial charge in [0.2, 0.25) is 6.54 Å². The van der Waals surface area contributed by atoms with Gasteiger partial charge < -0.3 is 10.6 Å². The zero-order valence-corrected chi connectivity index (χ0v) is 8.09. The van der Waals surface area contributed by atoms with Gasteiger partial charge in [-0.2, -0.15) is 0 Å². The molecule has 1 rings (SSSR count). The van der Waals surface area contributed by atoms with Crippen molar-refractivity contribution in [2.24, 2.45) is 5.73 Å². The number of nitrogens with zero attached hydrogens (tertiary/aromatic N) is 2. The summed E-state index contributed by atoms with van der Waals surface area (Å²) in [5.41, 5.74) is 6.65. The lowest BCUT2D eigenvalue weighted by Crippen LogP contribution is -2.25. The number of hydrogen-bond acceptors (Lipinski definition) is 3. The van der Waals surface area contributed by atoms with Crippen LogP contribution in [0.15, 0.2) is 24.3 Å². The van der Waals surface area contributed by atoms with E-state index in [0.717, 1.165) is 5.56 Å². The molecule has 0 radical (unpaired) electrons. The summed E-state index contributed by atoms with van der Waals surface area (Å²) in [6, 6.07) is 6.02. The Bertz CT molecular complexity index is 381. The van der Waals surface area contributed by atoms with Crippen LogP contribution in [0.5, 0.6) is 0 Å². The van der Waals surface area contributed by atoms with E-state index in [0.29, 0.717) is 6.42 Å². The largest absolute Gasteiger partial charge is 0.321 e. The number of benzene rings is 1. The van der Waals surface area contributed by atoms with Gasteiger partial charge in [0.1, 0.15) is 0 Å². The quantitative estimate of drug-likeness (QED) is 0.458. The third kappa shape index (κ3) is 3.37. The highest BCUT2D eigenvalue weighted by atomic mass is 16.6. The number of hydrogen-bond donors (Lipinski definition) is 1. The van der Waals surface area contributed by atoms with Crippen molar-refractivity contribution in [2.45, 2.75) is 12.5 Å². The number of nitro groups is 1. The van der Waals surface area contributed by atoms with Gasteiger partial charge >= 0.3 is 0 Å². The van der Waals surface area contributed by atoms with Crippen LogP contribution in [-0.4, -0.2) is 17.5 Å². The van der Waals surface area contributed by atoms with Gasteiger partial charge in [0, 0.05) is 12.1 Å². The molecule has 0 aliphatic rings. The fourth-order valence-electron chi connectivity index (χ4n) is 1.24. The van der Waals surface area contributed by atoms with Crippen LogP contribution in [0.2, 0.25) is 0 Å². The molecular formula is C10H11N3O2. The molecule has 0 spiro atoms. The summed E-state index contributed by atoms with van der Waals surface area (Å²) >= 11 is 0. The van der Waals surface area contributed by atoms with Gasteiger partial charge in [-0.15, -0.1) is 0 Å². The van der Waals surface area contributed by atoms with Crippen LogP contribution in [0.4, 0.5) is 5.69 Å². The lowest BCUT2D eigenvalue weighted by atomic mass is 10.1. The first kappa shape index (κ1) is 11.1. The molecule has 1 atom stereocenters. The molecule has 0 amide bonds. The maximum atomic E-state index is 10.4. The van der Waals surface area contributed by atoms with E-state index in [1.54, 1.807) is 12.1 Å². The first-order valence-electron chi connectivity index (χ1n) is 4.45. The molecule has 2 N–H and O–H groups in total. The van der Waals surface area contributed by atoms with E-state index in [-0.39, 0.29) is 18.3 Å². The monoisotopic (exact) mass is 205 g/mol. The van der Waals surface area contributed by atoms with Gasteiger partial charge in [-0.3, -0.25) is 10.1 Å². The average Bonchev–Trinajstić information content (AvgIpc) is 2.18. The van der Waals surface area contributed by atoms with E-state index in [9.17, 15) is 10.1 Å². The Hall–Kier alpha value is -1.93. The number of nitro benzene ring substituents is 1. The second-order valence-corrected chi connectivity index (χ2v) is 3.23. The summed E-state index contributed by atoms with van der Waals surface area (Å²) in [5.74, 6) is 0. The molecule has 0 fully saturated rings. The minimum absolute atomic E-state index is 0.0671. The van der Waals surface area contributed by atoms with Gasteiger partial charge in [-0.1, -0.05) is 12.1 Å². The van der Waals surface area contributed by atoms with E-state index in [4.69, 9.17) is 12.3 Å². The van der Waals surface area contributed by atoms with Gasteiger partial charge in [0.05, 0.1) is 11.0 Å². The maximum Gasteiger partial charge on any atom is 0.269 e. The Balaban J connectivity index is 2.65. The van der Waals surface area contributed by atoms with Crippen molar-refractivity contribution in [3.8, 4) is 0 Å². The fraction of sp³-hybridized carbons (Fsp3) is 0.300. The van der Waals surface area contributed by atoms with Crippen molar-refractivity contribution in [3.05, 3.63) is 51.4 Å². The smallest absolute Gasteiger partial charge is 0.269 e. The van der Waals surface area contributed by atoms with Crippen molar-refractivity contribution in [2.75, 3.05) is 6.54 Å². The maximum absolute atomic E-state index is 10.4. The molecule has 0 aliphatic carbocycles. The molecule has 0 aromatic heterocycles. The van der Waals surface area contributed by atoms with Crippen LogP contribution in [0.1, 0.15) is 5.56 Å². The highest BCUT2D eigenvalue weighted by Gasteiger charge is 2.08. The molecule has 0 heterocycles. The third-order valence-corrected chi connectivity index (χ3v) is 1.97. The Morgan fingerprint density at radius 3 is 2.53 bits per heavy atom. The van der Waals surface area contributed by atoms with Crippen molar-refractivity contribution >= 4 is 5.69 Å². The minimum atomic E-state index is -0.442. The molecule has 0 unspecified atom stereocenters. The van der Waals surface area contributed by atoms with Crippen LogP contribution < -0.4 is 5.73 Å². The molecule has 15 heavy (non-hydrogen) atoms. The van der Waals surface area contributed by atoms with Crippen LogP contribution >= 0.6 is 0 Å². The van der Waals surface area contributed by atoms with E-state index in [1.807, 2.05) is 0 Å². The molecule has 0 bridgehead atoms. The van der Waals surface area contributed by atoms with Crippen LogP contribution in [0, 0.1) is 16.7 Å². The van der Waals surface area contributed by atoms with E-state index in [1.165, 1.54) is 12.1 Å². The number of rotatable bonds is 4. The van der Waals surface area contributed by atoms with Gasteiger partial charge in [0.25, 0.3) is 5.69 Å². The highest BCUT2D eigenvalue weighted by Crippen LogP contribution is 2.12.